The molecular weight excluding hydrogens is 237 g/mol. The fraction of sp³-hybridized carbons (Fsp3) is 0.600. The summed E-state index contributed by atoms with van der Waals surface area (Å²) >= 11 is 0. The summed E-state index contributed by atoms with van der Waals surface area (Å²) in [7, 11) is -0.952. The third kappa shape index (κ3) is 4.98. The van der Waals surface area contributed by atoms with Gasteiger partial charge in [-0.3, -0.25) is 14.3 Å². The largest absolute Gasteiger partial charge is 0.604 e. The second-order valence-corrected chi connectivity index (χ2v) is 3.83. The smallest absolute Gasteiger partial charge is 0.499 e. The first-order valence-corrected chi connectivity index (χ1v) is 5.74. The standard InChI is InChI=1S/C10H16BN3O4/c1-4-5-14-7-10(12-13-14)6-11(17-8(2)15)18-9(3)16/h7H,4-6H2,1-3H3. The summed E-state index contributed by atoms with van der Waals surface area (Å²) < 4.78 is 11.4. The Morgan fingerprint density at radius 3 is 2.44 bits per heavy atom. The van der Waals surface area contributed by atoms with E-state index < -0.39 is 19.1 Å². The number of carbonyl (C=O) groups excluding carboxylic acids is 2. The molecule has 8 heteroatoms. The van der Waals surface area contributed by atoms with Crippen LogP contribution in [0.3, 0.4) is 0 Å². The second kappa shape index (κ2) is 6.78. The number of nitrogens with zero attached hydrogens (tertiary/aromatic N) is 3. The molecule has 0 fully saturated rings. The van der Waals surface area contributed by atoms with Gasteiger partial charge >= 0.3 is 7.12 Å². The van der Waals surface area contributed by atoms with Crippen molar-refractivity contribution >= 4 is 19.1 Å². The summed E-state index contributed by atoms with van der Waals surface area (Å²) in [6, 6.07) is 0. The van der Waals surface area contributed by atoms with E-state index in [1.807, 2.05) is 6.92 Å². The maximum Gasteiger partial charge on any atom is 0.604 e. The molecule has 0 spiro atoms. The first-order chi connectivity index (χ1) is 8.51. The van der Waals surface area contributed by atoms with Gasteiger partial charge in [-0.1, -0.05) is 12.1 Å². The van der Waals surface area contributed by atoms with E-state index in [2.05, 4.69) is 10.3 Å². The Morgan fingerprint density at radius 1 is 1.33 bits per heavy atom. The van der Waals surface area contributed by atoms with Crippen LogP contribution in [0.2, 0.25) is 0 Å². The molecule has 1 heterocycles. The van der Waals surface area contributed by atoms with Gasteiger partial charge in [0.25, 0.3) is 11.9 Å². The Morgan fingerprint density at radius 2 is 1.94 bits per heavy atom. The van der Waals surface area contributed by atoms with Crippen molar-refractivity contribution in [3.63, 3.8) is 0 Å². The van der Waals surface area contributed by atoms with Crippen molar-refractivity contribution in [1.29, 1.82) is 0 Å². The third-order valence-electron chi connectivity index (χ3n) is 2.01. The zero-order chi connectivity index (χ0) is 13.5. The van der Waals surface area contributed by atoms with E-state index in [-0.39, 0.29) is 6.32 Å². The molecule has 0 saturated heterocycles. The van der Waals surface area contributed by atoms with E-state index >= 15 is 0 Å². The van der Waals surface area contributed by atoms with Crippen LogP contribution < -0.4 is 0 Å². The number of hydrogen-bond donors (Lipinski definition) is 0. The van der Waals surface area contributed by atoms with Crippen LogP contribution in [0.15, 0.2) is 6.20 Å². The number of carbonyl (C=O) groups is 2. The third-order valence-corrected chi connectivity index (χ3v) is 2.01. The number of hydrogen-bond acceptors (Lipinski definition) is 6. The van der Waals surface area contributed by atoms with Gasteiger partial charge in [-0.25, -0.2) is 0 Å². The van der Waals surface area contributed by atoms with Gasteiger partial charge in [-0.2, -0.15) is 0 Å². The molecule has 0 radical (unpaired) electrons. The molecule has 0 aliphatic heterocycles. The molecule has 0 amide bonds. The van der Waals surface area contributed by atoms with Gasteiger partial charge in [-0.05, 0) is 6.42 Å². The minimum Gasteiger partial charge on any atom is -0.499 e. The SMILES string of the molecule is CCCn1cc(CB(OC(C)=O)OC(C)=O)nn1. The summed E-state index contributed by atoms with van der Waals surface area (Å²) in [5, 5.41) is 7.82. The van der Waals surface area contributed by atoms with Gasteiger partial charge < -0.3 is 9.31 Å². The Bertz CT molecular complexity index is 405. The highest BCUT2D eigenvalue weighted by molar-refractivity contribution is 6.48. The van der Waals surface area contributed by atoms with Gasteiger partial charge in [0.05, 0.1) is 12.0 Å². The summed E-state index contributed by atoms with van der Waals surface area (Å²) in [5.41, 5.74) is 0.607. The summed E-state index contributed by atoms with van der Waals surface area (Å²) in [4.78, 5) is 21.8. The number of rotatable bonds is 6. The van der Waals surface area contributed by atoms with Crippen LogP contribution in [0.5, 0.6) is 0 Å². The lowest BCUT2D eigenvalue weighted by Gasteiger charge is -2.10. The van der Waals surface area contributed by atoms with Crippen LogP contribution in [-0.4, -0.2) is 34.1 Å². The fourth-order valence-electron chi connectivity index (χ4n) is 1.42. The van der Waals surface area contributed by atoms with Gasteiger partial charge in [0.2, 0.25) is 0 Å². The normalized spacial score (nSPS) is 9.94. The highest BCUT2D eigenvalue weighted by Crippen LogP contribution is 2.02. The topological polar surface area (TPSA) is 83.3 Å². The second-order valence-electron chi connectivity index (χ2n) is 3.83. The van der Waals surface area contributed by atoms with E-state index in [0.29, 0.717) is 5.69 Å². The van der Waals surface area contributed by atoms with Gasteiger partial charge in [-0.15, -0.1) is 5.10 Å². The molecule has 0 unspecified atom stereocenters. The van der Waals surface area contributed by atoms with Crippen molar-refractivity contribution in [3.8, 4) is 0 Å². The molecule has 0 aromatic carbocycles. The lowest BCUT2D eigenvalue weighted by atomic mass is 9.83. The van der Waals surface area contributed by atoms with E-state index in [1.165, 1.54) is 13.8 Å². The highest BCUT2D eigenvalue weighted by atomic mass is 16.6. The van der Waals surface area contributed by atoms with Crippen LogP contribution in [0.25, 0.3) is 0 Å². The van der Waals surface area contributed by atoms with Crippen molar-refractivity contribution < 1.29 is 18.9 Å². The first kappa shape index (κ1) is 14.2. The van der Waals surface area contributed by atoms with Crippen molar-refractivity contribution in [1.82, 2.24) is 15.0 Å². The summed E-state index contributed by atoms with van der Waals surface area (Å²) in [6.45, 7) is 5.30. The lowest BCUT2D eigenvalue weighted by Crippen LogP contribution is -2.30. The molecule has 18 heavy (non-hydrogen) atoms. The van der Waals surface area contributed by atoms with Crippen molar-refractivity contribution in [3.05, 3.63) is 11.9 Å². The predicted octanol–water partition coefficient (Wildman–Crippen LogP) is 0.384. The molecule has 98 valence electrons. The molecule has 0 aliphatic rings. The fourth-order valence-corrected chi connectivity index (χ4v) is 1.42. The van der Waals surface area contributed by atoms with E-state index in [4.69, 9.17) is 9.31 Å². The minimum absolute atomic E-state index is 0.197. The zero-order valence-electron chi connectivity index (χ0n) is 10.8. The van der Waals surface area contributed by atoms with Crippen molar-refractivity contribution in [2.75, 3.05) is 0 Å². The highest BCUT2D eigenvalue weighted by Gasteiger charge is 2.27. The molecule has 1 aromatic rings. The summed E-state index contributed by atoms with van der Waals surface area (Å²) in [5.74, 6) is -1.02. The summed E-state index contributed by atoms with van der Waals surface area (Å²) in [6.07, 6.45) is 2.88. The quantitative estimate of drug-likeness (QED) is 0.681. The number of aryl methyl sites for hydroxylation is 1. The molecule has 0 atom stereocenters. The predicted molar refractivity (Wildman–Crippen MR) is 63.3 cm³/mol. The van der Waals surface area contributed by atoms with Gasteiger partial charge in [0.15, 0.2) is 0 Å². The molecule has 0 bridgehead atoms. The van der Waals surface area contributed by atoms with Crippen molar-refractivity contribution in [2.24, 2.45) is 0 Å². The molecular formula is C10H16BN3O4. The maximum atomic E-state index is 10.9. The van der Waals surface area contributed by atoms with E-state index in [1.54, 1.807) is 10.9 Å². The molecule has 0 N–H and O–H groups in total. The minimum atomic E-state index is -0.952. The lowest BCUT2D eigenvalue weighted by molar-refractivity contribution is -0.137. The Kier molecular flexibility index (Phi) is 5.35. The Balaban J connectivity index is 2.62. The monoisotopic (exact) mass is 253 g/mol. The first-order valence-electron chi connectivity index (χ1n) is 5.74. The van der Waals surface area contributed by atoms with E-state index in [9.17, 15) is 9.59 Å². The average Bonchev–Trinajstić information content (AvgIpc) is 2.64. The number of aromatic nitrogens is 3. The van der Waals surface area contributed by atoms with Gasteiger partial charge in [0, 0.05) is 26.6 Å². The molecule has 7 nitrogen and oxygen atoms in total. The van der Waals surface area contributed by atoms with Crippen LogP contribution in [0.1, 0.15) is 32.9 Å². The van der Waals surface area contributed by atoms with Crippen LogP contribution in [0.4, 0.5) is 0 Å². The molecule has 1 aromatic heterocycles. The van der Waals surface area contributed by atoms with E-state index in [0.717, 1.165) is 13.0 Å². The van der Waals surface area contributed by atoms with Crippen LogP contribution >= 0.6 is 0 Å². The Hall–Kier alpha value is -1.86. The zero-order valence-corrected chi connectivity index (χ0v) is 10.8. The van der Waals surface area contributed by atoms with Crippen LogP contribution in [-0.2, 0) is 31.8 Å². The van der Waals surface area contributed by atoms with Crippen LogP contribution in [0, 0.1) is 0 Å². The Labute approximate surface area is 106 Å². The molecule has 1 rings (SSSR count). The maximum absolute atomic E-state index is 10.9. The average molecular weight is 253 g/mol. The van der Waals surface area contributed by atoms with Gasteiger partial charge in [0.1, 0.15) is 0 Å². The molecule has 0 saturated carbocycles. The molecule has 0 aliphatic carbocycles. The van der Waals surface area contributed by atoms with Crippen molar-refractivity contribution in [2.45, 2.75) is 40.1 Å².